The van der Waals surface area contributed by atoms with Gasteiger partial charge in [-0.1, -0.05) is 23.7 Å². The van der Waals surface area contributed by atoms with Gasteiger partial charge >= 0.3 is 6.03 Å². The molecule has 7 heteroatoms. The van der Waals surface area contributed by atoms with Crippen molar-refractivity contribution in [3.05, 3.63) is 59.1 Å². The van der Waals surface area contributed by atoms with Gasteiger partial charge in [-0.3, -0.25) is 9.69 Å². The molecule has 1 fully saturated rings. The van der Waals surface area contributed by atoms with Crippen LogP contribution in [0.1, 0.15) is 5.56 Å². The summed E-state index contributed by atoms with van der Waals surface area (Å²) in [5.74, 6) is 0.581. The van der Waals surface area contributed by atoms with Gasteiger partial charge in [0.05, 0.1) is 7.11 Å². The third-order valence-electron chi connectivity index (χ3n) is 4.22. The number of hydrogen-bond donors (Lipinski definition) is 1. The van der Waals surface area contributed by atoms with Crippen LogP contribution >= 0.6 is 11.6 Å². The Kier molecular flexibility index (Phi) is 5.63. The van der Waals surface area contributed by atoms with Crippen molar-refractivity contribution >= 4 is 29.2 Å². The van der Waals surface area contributed by atoms with E-state index in [1.807, 2.05) is 24.3 Å². The van der Waals surface area contributed by atoms with Crippen molar-refractivity contribution < 1.29 is 14.3 Å². The van der Waals surface area contributed by atoms with E-state index in [0.717, 1.165) is 17.0 Å². The summed E-state index contributed by atoms with van der Waals surface area (Å²) in [5, 5.41) is 3.46. The van der Waals surface area contributed by atoms with Crippen molar-refractivity contribution in [3.8, 4) is 5.75 Å². The van der Waals surface area contributed by atoms with E-state index in [1.54, 1.807) is 36.3 Å². The molecule has 0 atom stereocenters. The molecule has 1 saturated heterocycles. The van der Waals surface area contributed by atoms with E-state index < -0.39 is 0 Å². The van der Waals surface area contributed by atoms with E-state index in [-0.39, 0.29) is 18.5 Å². The second-order valence-corrected chi connectivity index (χ2v) is 6.39. The summed E-state index contributed by atoms with van der Waals surface area (Å²) < 4.78 is 5.10. The lowest BCUT2D eigenvalue weighted by atomic mass is 10.2. The van der Waals surface area contributed by atoms with Gasteiger partial charge in [0.1, 0.15) is 12.3 Å². The van der Waals surface area contributed by atoms with Gasteiger partial charge in [0, 0.05) is 30.3 Å². The number of benzene rings is 2. The zero-order valence-electron chi connectivity index (χ0n) is 14.4. The number of anilines is 1. The van der Waals surface area contributed by atoms with Crippen molar-refractivity contribution in [2.75, 3.05) is 31.6 Å². The van der Waals surface area contributed by atoms with Gasteiger partial charge in [0.25, 0.3) is 0 Å². The number of methoxy groups -OCH3 is 1. The third-order valence-corrected chi connectivity index (χ3v) is 4.47. The van der Waals surface area contributed by atoms with Crippen LogP contribution in [0, 0.1) is 0 Å². The topological polar surface area (TPSA) is 61.9 Å². The fourth-order valence-corrected chi connectivity index (χ4v) is 2.89. The van der Waals surface area contributed by atoms with Gasteiger partial charge in [0.15, 0.2) is 0 Å². The van der Waals surface area contributed by atoms with Crippen LogP contribution in [0.25, 0.3) is 0 Å². The second kappa shape index (κ2) is 8.10. The Morgan fingerprint density at radius 1 is 1.12 bits per heavy atom. The maximum Gasteiger partial charge on any atom is 0.325 e. The quantitative estimate of drug-likeness (QED) is 0.846. The molecular formula is C19H20ClN3O3. The predicted molar refractivity (Wildman–Crippen MR) is 101 cm³/mol. The van der Waals surface area contributed by atoms with Crippen LogP contribution in [0.15, 0.2) is 48.5 Å². The minimum Gasteiger partial charge on any atom is -0.497 e. The Balaban J connectivity index is 1.51. The summed E-state index contributed by atoms with van der Waals surface area (Å²) >= 11 is 5.88. The van der Waals surface area contributed by atoms with Crippen molar-refractivity contribution in [2.45, 2.75) is 6.54 Å². The summed E-state index contributed by atoms with van der Waals surface area (Å²) in [4.78, 5) is 27.8. The molecular weight excluding hydrogens is 354 g/mol. The van der Waals surface area contributed by atoms with Gasteiger partial charge in [-0.15, -0.1) is 0 Å². The molecule has 2 aromatic rings. The molecule has 3 rings (SSSR count). The van der Waals surface area contributed by atoms with Crippen molar-refractivity contribution in [3.63, 3.8) is 0 Å². The molecule has 0 radical (unpaired) electrons. The van der Waals surface area contributed by atoms with E-state index in [0.29, 0.717) is 24.7 Å². The minimum atomic E-state index is -0.188. The van der Waals surface area contributed by atoms with Crippen molar-refractivity contribution in [1.29, 1.82) is 0 Å². The highest BCUT2D eigenvalue weighted by atomic mass is 35.5. The molecule has 0 unspecified atom stereocenters. The van der Waals surface area contributed by atoms with Gasteiger partial charge in [-0.2, -0.15) is 0 Å². The molecule has 0 spiro atoms. The lowest BCUT2D eigenvalue weighted by Gasteiger charge is -2.18. The Morgan fingerprint density at radius 3 is 2.46 bits per heavy atom. The number of hydrogen-bond acceptors (Lipinski definition) is 3. The predicted octanol–water partition coefficient (Wildman–Crippen LogP) is 2.91. The second-order valence-electron chi connectivity index (χ2n) is 5.96. The minimum absolute atomic E-state index is 0.0408. The SMILES string of the molecule is COc1ccc(CNC(=O)CN2CCN(c3ccc(Cl)cc3)C2=O)cc1. The van der Waals surface area contributed by atoms with Gasteiger partial charge < -0.3 is 15.0 Å². The molecule has 26 heavy (non-hydrogen) atoms. The zero-order valence-corrected chi connectivity index (χ0v) is 15.2. The number of carbonyl (C=O) groups excluding carboxylic acids is 2. The monoisotopic (exact) mass is 373 g/mol. The molecule has 1 heterocycles. The number of nitrogens with zero attached hydrogens (tertiary/aromatic N) is 2. The first-order valence-corrected chi connectivity index (χ1v) is 8.66. The van der Waals surface area contributed by atoms with Gasteiger partial charge in [-0.25, -0.2) is 4.79 Å². The molecule has 1 N–H and O–H groups in total. The first kappa shape index (κ1) is 18.1. The molecule has 0 aromatic heterocycles. The zero-order chi connectivity index (χ0) is 18.5. The summed E-state index contributed by atoms with van der Waals surface area (Å²) in [5.41, 5.74) is 1.75. The number of ether oxygens (including phenoxy) is 1. The molecule has 1 aliphatic heterocycles. The molecule has 1 aliphatic rings. The summed E-state index contributed by atoms with van der Waals surface area (Å²) in [6, 6.07) is 14.4. The van der Waals surface area contributed by atoms with Crippen LogP contribution in [0.2, 0.25) is 5.02 Å². The largest absolute Gasteiger partial charge is 0.497 e. The lowest BCUT2D eigenvalue weighted by molar-refractivity contribution is -0.121. The number of urea groups is 1. The lowest BCUT2D eigenvalue weighted by Crippen LogP contribution is -2.39. The van der Waals surface area contributed by atoms with Gasteiger partial charge in [0.2, 0.25) is 5.91 Å². The average Bonchev–Trinajstić information content (AvgIpc) is 3.01. The van der Waals surface area contributed by atoms with Crippen molar-refractivity contribution in [1.82, 2.24) is 10.2 Å². The van der Waals surface area contributed by atoms with Gasteiger partial charge in [-0.05, 0) is 42.0 Å². The van der Waals surface area contributed by atoms with Crippen LogP contribution < -0.4 is 15.0 Å². The Labute approximate surface area is 157 Å². The van der Waals surface area contributed by atoms with E-state index in [2.05, 4.69) is 5.32 Å². The van der Waals surface area contributed by atoms with E-state index >= 15 is 0 Å². The smallest absolute Gasteiger partial charge is 0.325 e. The Bertz CT molecular complexity index is 778. The molecule has 0 aliphatic carbocycles. The number of nitrogens with one attached hydrogen (secondary N) is 1. The standard InChI is InChI=1S/C19H20ClN3O3/c1-26-17-8-2-14(3-9-17)12-21-18(24)13-22-10-11-23(19(22)25)16-6-4-15(20)5-7-16/h2-9H,10-13H2,1H3,(H,21,24). The van der Waals surface area contributed by atoms with Crippen LogP contribution in [0.4, 0.5) is 10.5 Å². The highest BCUT2D eigenvalue weighted by molar-refractivity contribution is 6.30. The fourth-order valence-electron chi connectivity index (χ4n) is 2.76. The molecule has 0 saturated carbocycles. The normalized spacial score (nSPS) is 13.8. The fraction of sp³-hybridized carbons (Fsp3) is 0.263. The molecule has 6 nitrogen and oxygen atoms in total. The Hall–Kier alpha value is -2.73. The number of carbonyl (C=O) groups is 2. The maximum atomic E-state index is 12.5. The highest BCUT2D eigenvalue weighted by Crippen LogP contribution is 2.22. The van der Waals surface area contributed by atoms with E-state index in [1.165, 1.54) is 4.90 Å². The van der Waals surface area contributed by atoms with Crippen LogP contribution in [0.3, 0.4) is 0 Å². The number of amides is 3. The van der Waals surface area contributed by atoms with Crippen LogP contribution in [0.5, 0.6) is 5.75 Å². The third kappa shape index (κ3) is 4.26. The van der Waals surface area contributed by atoms with Crippen LogP contribution in [-0.2, 0) is 11.3 Å². The summed E-state index contributed by atoms with van der Waals surface area (Å²) in [7, 11) is 1.61. The number of halogens is 1. The summed E-state index contributed by atoms with van der Waals surface area (Å²) in [6.07, 6.45) is 0. The Morgan fingerprint density at radius 2 is 1.81 bits per heavy atom. The van der Waals surface area contributed by atoms with Crippen molar-refractivity contribution in [2.24, 2.45) is 0 Å². The number of rotatable bonds is 6. The first-order chi connectivity index (χ1) is 12.6. The van der Waals surface area contributed by atoms with Crippen LogP contribution in [-0.4, -0.2) is 43.6 Å². The average molecular weight is 374 g/mol. The summed E-state index contributed by atoms with van der Waals surface area (Å²) in [6.45, 7) is 1.51. The molecule has 136 valence electrons. The van der Waals surface area contributed by atoms with E-state index in [4.69, 9.17) is 16.3 Å². The molecule has 2 aromatic carbocycles. The first-order valence-electron chi connectivity index (χ1n) is 8.28. The molecule has 3 amide bonds. The highest BCUT2D eigenvalue weighted by Gasteiger charge is 2.30. The van der Waals surface area contributed by atoms with E-state index in [9.17, 15) is 9.59 Å². The molecule has 0 bridgehead atoms. The maximum absolute atomic E-state index is 12.5.